The third kappa shape index (κ3) is 4.09. The van der Waals surface area contributed by atoms with Gasteiger partial charge in [0.15, 0.2) is 0 Å². The minimum Gasteiger partial charge on any atom is -0.497 e. The lowest BCUT2D eigenvalue weighted by atomic mass is 10.0. The van der Waals surface area contributed by atoms with E-state index < -0.39 is 6.17 Å². The SMILES string of the molecule is CNC(=O)c1cnc2[nH]ccc2c1N[C@@H]1CCN(Cc2ccc(OC)cc2)C[C@H]1F. The number of H-pyrrole nitrogens is 1. The molecule has 7 nitrogen and oxygen atoms in total. The highest BCUT2D eigenvalue weighted by atomic mass is 19.1. The smallest absolute Gasteiger partial charge is 0.254 e. The molecule has 1 aliphatic rings. The van der Waals surface area contributed by atoms with Crippen LogP contribution in [0, 0.1) is 0 Å². The molecule has 8 heteroatoms. The number of methoxy groups -OCH3 is 1. The van der Waals surface area contributed by atoms with Gasteiger partial charge in [-0.1, -0.05) is 12.1 Å². The number of nitrogens with one attached hydrogen (secondary N) is 3. The molecule has 0 unspecified atom stereocenters. The van der Waals surface area contributed by atoms with Gasteiger partial charge < -0.3 is 20.4 Å². The Balaban J connectivity index is 1.46. The number of likely N-dealkylation sites (tertiary alicyclic amines) is 1. The summed E-state index contributed by atoms with van der Waals surface area (Å²) in [6.45, 7) is 1.79. The molecule has 3 aromatic rings. The summed E-state index contributed by atoms with van der Waals surface area (Å²) in [5.41, 5.74) is 2.83. The van der Waals surface area contributed by atoms with Crippen LogP contribution in [0.1, 0.15) is 22.3 Å². The van der Waals surface area contributed by atoms with Crippen LogP contribution < -0.4 is 15.4 Å². The molecule has 0 bridgehead atoms. The van der Waals surface area contributed by atoms with Crippen LogP contribution >= 0.6 is 0 Å². The van der Waals surface area contributed by atoms with Gasteiger partial charge in [0.2, 0.25) is 0 Å². The van der Waals surface area contributed by atoms with E-state index >= 15 is 4.39 Å². The van der Waals surface area contributed by atoms with E-state index in [0.717, 1.165) is 23.2 Å². The Morgan fingerprint density at radius 2 is 2.13 bits per heavy atom. The predicted octanol–water partition coefficient (Wildman–Crippen LogP) is 2.96. The number of hydrogen-bond acceptors (Lipinski definition) is 5. The molecule has 1 saturated heterocycles. The number of benzene rings is 1. The molecule has 1 fully saturated rings. The van der Waals surface area contributed by atoms with E-state index in [1.807, 2.05) is 30.3 Å². The Kier molecular flexibility index (Phi) is 5.85. The van der Waals surface area contributed by atoms with E-state index in [0.29, 0.717) is 36.4 Å². The van der Waals surface area contributed by atoms with Crippen molar-refractivity contribution >= 4 is 22.6 Å². The van der Waals surface area contributed by atoms with Gasteiger partial charge in [0.05, 0.1) is 24.4 Å². The highest BCUT2D eigenvalue weighted by Gasteiger charge is 2.30. The summed E-state index contributed by atoms with van der Waals surface area (Å²) < 4.78 is 20.3. The van der Waals surface area contributed by atoms with Gasteiger partial charge in [-0.25, -0.2) is 9.37 Å². The number of piperidine rings is 1. The van der Waals surface area contributed by atoms with Crippen molar-refractivity contribution in [3.05, 3.63) is 53.9 Å². The molecule has 0 spiro atoms. The van der Waals surface area contributed by atoms with Gasteiger partial charge in [-0.3, -0.25) is 9.69 Å². The van der Waals surface area contributed by atoms with Gasteiger partial charge in [-0.15, -0.1) is 0 Å². The number of carbonyl (C=O) groups is 1. The summed E-state index contributed by atoms with van der Waals surface area (Å²) in [4.78, 5) is 21.8. The maximum absolute atomic E-state index is 15.1. The van der Waals surface area contributed by atoms with Gasteiger partial charge in [0, 0.05) is 44.5 Å². The van der Waals surface area contributed by atoms with Crippen LogP contribution in [0.4, 0.5) is 10.1 Å². The van der Waals surface area contributed by atoms with Crippen LogP contribution in [0.25, 0.3) is 11.0 Å². The molecule has 158 valence electrons. The van der Waals surface area contributed by atoms with Crippen LogP contribution in [0.15, 0.2) is 42.7 Å². The van der Waals surface area contributed by atoms with Crippen LogP contribution in [0.2, 0.25) is 0 Å². The summed E-state index contributed by atoms with van der Waals surface area (Å²) in [7, 11) is 3.21. The summed E-state index contributed by atoms with van der Waals surface area (Å²) in [6.07, 6.45) is 2.86. The van der Waals surface area contributed by atoms with Gasteiger partial charge in [0.1, 0.15) is 17.6 Å². The molecule has 1 aromatic carbocycles. The number of fused-ring (bicyclic) bond motifs is 1. The monoisotopic (exact) mass is 411 g/mol. The number of alkyl halides is 1. The first kappa shape index (κ1) is 20.2. The predicted molar refractivity (Wildman–Crippen MR) is 115 cm³/mol. The zero-order valence-electron chi connectivity index (χ0n) is 17.1. The number of hydrogen-bond donors (Lipinski definition) is 3. The highest BCUT2D eigenvalue weighted by molar-refractivity contribution is 6.06. The molecule has 2 aromatic heterocycles. The zero-order chi connectivity index (χ0) is 21.1. The molecule has 3 N–H and O–H groups in total. The van der Waals surface area contributed by atoms with Gasteiger partial charge in [-0.05, 0) is 30.2 Å². The lowest BCUT2D eigenvalue weighted by Crippen LogP contribution is -2.47. The number of carbonyl (C=O) groups excluding carboxylic acids is 1. The fraction of sp³-hybridized carbons (Fsp3) is 0.364. The number of rotatable bonds is 6. The van der Waals surface area contributed by atoms with E-state index in [2.05, 4.69) is 25.5 Å². The molecular formula is C22H26FN5O2. The lowest BCUT2D eigenvalue weighted by Gasteiger charge is -2.36. The molecule has 0 radical (unpaired) electrons. The number of nitrogens with zero attached hydrogens (tertiary/aromatic N) is 2. The van der Waals surface area contributed by atoms with Crippen LogP contribution in [-0.2, 0) is 6.54 Å². The van der Waals surface area contributed by atoms with Crippen LogP contribution in [-0.4, -0.2) is 60.2 Å². The average Bonchev–Trinajstić information content (AvgIpc) is 3.25. The second-order valence-electron chi connectivity index (χ2n) is 7.50. The maximum Gasteiger partial charge on any atom is 0.254 e. The Morgan fingerprint density at radius 1 is 1.33 bits per heavy atom. The average molecular weight is 411 g/mol. The molecule has 4 rings (SSSR count). The molecule has 1 aliphatic heterocycles. The first-order valence-electron chi connectivity index (χ1n) is 10.0. The third-order valence-electron chi connectivity index (χ3n) is 5.58. The van der Waals surface area contributed by atoms with Crippen molar-refractivity contribution in [2.24, 2.45) is 0 Å². The van der Waals surface area contributed by atoms with Gasteiger partial charge >= 0.3 is 0 Å². The number of aromatic nitrogens is 2. The van der Waals surface area contributed by atoms with Gasteiger partial charge in [0.25, 0.3) is 5.91 Å². The minimum atomic E-state index is -1.06. The fourth-order valence-electron chi connectivity index (χ4n) is 3.92. The topological polar surface area (TPSA) is 82.3 Å². The minimum absolute atomic E-state index is 0.250. The van der Waals surface area contributed by atoms with Crippen molar-refractivity contribution in [3.63, 3.8) is 0 Å². The van der Waals surface area contributed by atoms with Gasteiger partial charge in [-0.2, -0.15) is 0 Å². The second kappa shape index (κ2) is 8.71. The molecule has 30 heavy (non-hydrogen) atoms. The quantitative estimate of drug-likeness (QED) is 0.581. The number of anilines is 1. The number of ether oxygens (including phenoxy) is 1. The first-order valence-corrected chi connectivity index (χ1v) is 10.0. The summed E-state index contributed by atoms with van der Waals surface area (Å²) in [6, 6.07) is 9.33. The summed E-state index contributed by atoms with van der Waals surface area (Å²) in [5, 5.41) is 6.71. The summed E-state index contributed by atoms with van der Waals surface area (Å²) in [5.74, 6) is 0.561. The Bertz CT molecular complexity index is 1020. The van der Waals surface area contributed by atoms with Crippen molar-refractivity contribution < 1.29 is 13.9 Å². The summed E-state index contributed by atoms with van der Waals surface area (Å²) >= 11 is 0. The fourth-order valence-corrected chi connectivity index (χ4v) is 3.92. The second-order valence-corrected chi connectivity index (χ2v) is 7.50. The van der Waals surface area contributed by atoms with Crippen molar-refractivity contribution in [2.75, 3.05) is 32.6 Å². The lowest BCUT2D eigenvalue weighted by molar-refractivity contribution is 0.0962. The van der Waals surface area contributed by atoms with Crippen LogP contribution in [0.5, 0.6) is 5.75 Å². The molecule has 3 heterocycles. The van der Waals surface area contributed by atoms with Crippen molar-refractivity contribution in [3.8, 4) is 5.75 Å². The van der Waals surface area contributed by atoms with Crippen molar-refractivity contribution in [1.82, 2.24) is 20.2 Å². The van der Waals surface area contributed by atoms with Crippen molar-refractivity contribution in [2.45, 2.75) is 25.2 Å². The molecule has 0 aliphatic carbocycles. The van der Waals surface area contributed by atoms with Crippen LogP contribution in [0.3, 0.4) is 0 Å². The van der Waals surface area contributed by atoms with E-state index in [1.165, 1.54) is 6.20 Å². The van der Waals surface area contributed by atoms with Crippen molar-refractivity contribution in [1.29, 1.82) is 0 Å². The van der Waals surface area contributed by atoms with E-state index in [1.54, 1.807) is 20.4 Å². The first-order chi connectivity index (χ1) is 14.6. The standard InChI is InChI=1S/C22H26FN5O2/c1-24-22(29)17-11-26-21-16(7-9-25-21)20(17)27-19-8-10-28(13-18(19)23)12-14-3-5-15(30-2)6-4-14/h3-7,9,11,18-19H,8,10,12-13H2,1-2H3,(H,24,29)(H2,25,26,27)/t18-,19-/m1/s1. The Labute approximate surface area is 174 Å². The zero-order valence-corrected chi connectivity index (χ0v) is 17.1. The third-order valence-corrected chi connectivity index (χ3v) is 5.58. The Hall–Kier alpha value is -3.13. The van der Waals surface area contributed by atoms with E-state index in [4.69, 9.17) is 4.74 Å². The van der Waals surface area contributed by atoms with E-state index in [-0.39, 0.29) is 11.9 Å². The highest BCUT2D eigenvalue weighted by Crippen LogP contribution is 2.29. The number of amides is 1. The number of pyridine rings is 1. The normalized spacial score (nSPS) is 19.6. The number of aromatic amines is 1. The van der Waals surface area contributed by atoms with E-state index in [9.17, 15) is 4.79 Å². The molecule has 0 saturated carbocycles. The molecule has 2 atom stereocenters. The maximum atomic E-state index is 15.1. The Morgan fingerprint density at radius 3 is 2.83 bits per heavy atom. The largest absolute Gasteiger partial charge is 0.497 e. The molecular weight excluding hydrogens is 385 g/mol. The number of halogens is 1. The molecule has 1 amide bonds.